The number of hydrogen-bond donors (Lipinski definition) is 0. The molecule has 14 heavy (non-hydrogen) atoms. The fourth-order valence-corrected chi connectivity index (χ4v) is 1.94. The second kappa shape index (κ2) is 4.43. The van der Waals surface area contributed by atoms with E-state index in [0.29, 0.717) is 18.4 Å². The molecule has 1 rings (SSSR count). The largest absolute Gasteiger partial charge is 0.298 e. The van der Waals surface area contributed by atoms with Crippen molar-refractivity contribution < 1.29 is 4.79 Å². The van der Waals surface area contributed by atoms with Crippen molar-refractivity contribution in [2.24, 2.45) is 5.41 Å². The predicted octanol–water partition coefficient (Wildman–Crippen LogP) is 2.48. The van der Waals surface area contributed by atoms with Gasteiger partial charge in [0.1, 0.15) is 0 Å². The summed E-state index contributed by atoms with van der Waals surface area (Å²) in [4.78, 5) is 14.0. The van der Waals surface area contributed by atoms with Crippen LogP contribution in [-0.2, 0) is 4.79 Å². The molecule has 0 heterocycles. The van der Waals surface area contributed by atoms with E-state index in [-0.39, 0.29) is 5.41 Å². The van der Waals surface area contributed by atoms with Crippen LogP contribution in [0.3, 0.4) is 0 Å². The highest BCUT2D eigenvalue weighted by Gasteiger charge is 2.26. The van der Waals surface area contributed by atoms with Gasteiger partial charge in [-0.05, 0) is 19.9 Å². The Labute approximate surface area is 87.7 Å². The Hall–Kier alpha value is -0.370. The summed E-state index contributed by atoms with van der Waals surface area (Å²) < 4.78 is 0. The highest BCUT2D eigenvalue weighted by molar-refractivity contribution is 5.85. The standard InChI is InChI=1S/C12H23NO/c1-12(2,3)11(14)9-13(4)10-7-5-6-8-10/h10H,5-9H2,1-4H3. The number of likely N-dealkylation sites (N-methyl/N-ethyl adjacent to an activating group) is 1. The summed E-state index contributed by atoms with van der Waals surface area (Å²) in [5.74, 6) is 0.354. The van der Waals surface area contributed by atoms with Crippen molar-refractivity contribution in [3.05, 3.63) is 0 Å². The monoisotopic (exact) mass is 197 g/mol. The Morgan fingerprint density at radius 1 is 1.29 bits per heavy atom. The van der Waals surface area contributed by atoms with Gasteiger partial charge in [-0.2, -0.15) is 0 Å². The van der Waals surface area contributed by atoms with Crippen LogP contribution >= 0.6 is 0 Å². The van der Waals surface area contributed by atoms with Crippen LogP contribution in [0.15, 0.2) is 0 Å². The molecule has 2 nitrogen and oxygen atoms in total. The van der Waals surface area contributed by atoms with Crippen molar-refractivity contribution in [3.63, 3.8) is 0 Å². The third-order valence-electron chi connectivity index (χ3n) is 3.18. The average Bonchev–Trinajstić information content (AvgIpc) is 2.53. The van der Waals surface area contributed by atoms with Gasteiger partial charge in [-0.1, -0.05) is 33.6 Å². The Morgan fingerprint density at radius 3 is 2.21 bits per heavy atom. The molecular weight excluding hydrogens is 174 g/mol. The molecule has 0 aromatic carbocycles. The summed E-state index contributed by atoms with van der Waals surface area (Å²) in [5.41, 5.74) is -0.188. The first kappa shape index (κ1) is 11.7. The van der Waals surface area contributed by atoms with Crippen molar-refractivity contribution in [3.8, 4) is 0 Å². The minimum Gasteiger partial charge on any atom is -0.298 e. The fraction of sp³-hybridized carbons (Fsp3) is 0.917. The second-order valence-electron chi connectivity index (χ2n) is 5.53. The summed E-state index contributed by atoms with van der Waals surface area (Å²) in [7, 11) is 2.08. The van der Waals surface area contributed by atoms with Gasteiger partial charge in [0.15, 0.2) is 5.78 Å². The lowest BCUT2D eigenvalue weighted by molar-refractivity contribution is -0.127. The predicted molar refractivity (Wildman–Crippen MR) is 59.3 cm³/mol. The first-order valence-corrected chi connectivity index (χ1v) is 5.65. The van der Waals surface area contributed by atoms with E-state index >= 15 is 0 Å². The average molecular weight is 197 g/mol. The molecule has 82 valence electrons. The minimum atomic E-state index is -0.188. The number of Topliss-reactive ketones (excluding diaryl/α,β-unsaturated/α-hetero) is 1. The molecule has 0 radical (unpaired) electrons. The molecule has 0 spiro atoms. The topological polar surface area (TPSA) is 20.3 Å². The number of carbonyl (C=O) groups is 1. The van der Waals surface area contributed by atoms with E-state index in [2.05, 4.69) is 11.9 Å². The SMILES string of the molecule is CN(CC(=O)C(C)(C)C)C1CCCC1. The molecule has 1 saturated carbocycles. The van der Waals surface area contributed by atoms with Crippen molar-refractivity contribution in [2.75, 3.05) is 13.6 Å². The highest BCUT2D eigenvalue weighted by Crippen LogP contribution is 2.23. The second-order valence-corrected chi connectivity index (χ2v) is 5.53. The maximum atomic E-state index is 11.8. The third-order valence-corrected chi connectivity index (χ3v) is 3.18. The van der Waals surface area contributed by atoms with Crippen molar-refractivity contribution >= 4 is 5.78 Å². The van der Waals surface area contributed by atoms with Gasteiger partial charge in [0, 0.05) is 11.5 Å². The van der Waals surface area contributed by atoms with Crippen LogP contribution in [0.1, 0.15) is 46.5 Å². The lowest BCUT2D eigenvalue weighted by atomic mass is 9.90. The molecule has 0 unspecified atom stereocenters. The summed E-state index contributed by atoms with van der Waals surface area (Å²) >= 11 is 0. The number of ketones is 1. The molecule has 0 N–H and O–H groups in total. The number of hydrogen-bond acceptors (Lipinski definition) is 2. The van der Waals surface area contributed by atoms with Gasteiger partial charge in [0.05, 0.1) is 6.54 Å². The lowest BCUT2D eigenvalue weighted by Gasteiger charge is -2.26. The van der Waals surface area contributed by atoms with Gasteiger partial charge in [0.25, 0.3) is 0 Å². The molecule has 0 saturated heterocycles. The fourth-order valence-electron chi connectivity index (χ4n) is 1.94. The van der Waals surface area contributed by atoms with Gasteiger partial charge in [-0.25, -0.2) is 0 Å². The smallest absolute Gasteiger partial charge is 0.152 e. The molecule has 0 aliphatic heterocycles. The zero-order chi connectivity index (χ0) is 10.8. The van der Waals surface area contributed by atoms with Crippen molar-refractivity contribution in [2.45, 2.75) is 52.5 Å². The van der Waals surface area contributed by atoms with E-state index in [4.69, 9.17) is 0 Å². The number of carbonyl (C=O) groups excluding carboxylic acids is 1. The van der Waals surface area contributed by atoms with Crippen LogP contribution in [0.5, 0.6) is 0 Å². The Balaban J connectivity index is 2.39. The van der Waals surface area contributed by atoms with Gasteiger partial charge >= 0.3 is 0 Å². The van der Waals surface area contributed by atoms with E-state index < -0.39 is 0 Å². The minimum absolute atomic E-state index is 0.188. The van der Waals surface area contributed by atoms with Crippen LogP contribution in [0.25, 0.3) is 0 Å². The first-order valence-electron chi connectivity index (χ1n) is 5.65. The molecule has 1 fully saturated rings. The third kappa shape index (κ3) is 3.09. The van der Waals surface area contributed by atoms with E-state index in [1.807, 2.05) is 20.8 Å². The quantitative estimate of drug-likeness (QED) is 0.692. The summed E-state index contributed by atoms with van der Waals surface area (Å²) in [6, 6.07) is 0.654. The van der Waals surface area contributed by atoms with E-state index in [1.165, 1.54) is 25.7 Å². The molecule has 0 atom stereocenters. The molecule has 0 amide bonds. The molecule has 0 bridgehead atoms. The summed E-state index contributed by atoms with van der Waals surface area (Å²) in [6.07, 6.45) is 5.21. The molecule has 1 aliphatic carbocycles. The van der Waals surface area contributed by atoms with Gasteiger partial charge in [-0.15, -0.1) is 0 Å². The van der Waals surface area contributed by atoms with Crippen LogP contribution in [0, 0.1) is 5.41 Å². The van der Waals surface area contributed by atoms with E-state index in [0.717, 1.165) is 0 Å². The molecular formula is C12H23NO. The maximum Gasteiger partial charge on any atom is 0.152 e. The van der Waals surface area contributed by atoms with Gasteiger partial charge in [0.2, 0.25) is 0 Å². The first-order chi connectivity index (χ1) is 6.41. The maximum absolute atomic E-state index is 11.8. The Kier molecular flexibility index (Phi) is 3.71. The van der Waals surface area contributed by atoms with Gasteiger partial charge < -0.3 is 0 Å². The normalized spacial score (nSPS) is 19.2. The van der Waals surface area contributed by atoms with Crippen molar-refractivity contribution in [1.82, 2.24) is 4.90 Å². The zero-order valence-electron chi connectivity index (χ0n) is 9.97. The lowest BCUT2D eigenvalue weighted by Crippen LogP contribution is -2.38. The molecule has 1 aliphatic rings. The Morgan fingerprint density at radius 2 is 1.79 bits per heavy atom. The van der Waals surface area contributed by atoms with E-state index in [9.17, 15) is 4.79 Å². The molecule has 2 heteroatoms. The number of rotatable bonds is 3. The summed E-state index contributed by atoms with van der Waals surface area (Å²) in [5, 5.41) is 0. The van der Waals surface area contributed by atoms with E-state index in [1.54, 1.807) is 0 Å². The van der Waals surface area contributed by atoms with Crippen molar-refractivity contribution in [1.29, 1.82) is 0 Å². The highest BCUT2D eigenvalue weighted by atomic mass is 16.1. The van der Waals surface area contributed by atoms with Gasteiger partial charge in [-0.3, -0.25) is 9.69 Å². The molecule has 0 aromatic rings. The van der Waals surface area contributed by atoms with Crippen LogP contribution in [-0.4, -0.2) is 30.3 Å². The molecule has 0 aromatic heterocycles. The van der Waals surface area contributed by atoms with Crippen LogP contribution < -0.4 is 0 Å². The van der Waals surface area contributed by atoms with Crippen LogP contribution in [0.2, 0.25) is 0 Å². The number of nitrogens with zero attached hydrogens (tertiary/aromatic N) is 1. The zero-order valence-corrected chi connectivity index (χ0v) is 9.97. The Bertz CT molecular complexity index is 199. The van der Waals surface area contributed by atoms with Crippen LogP contribution in [0.4, 0.5) is 0 Å². The summed E-state index contributed by atoms with van der Waals surface area (Å²) in [6.45, 7) is 6.61.